The molecule has 0 N–H and O–H groups in total. The maximum absolute atomic E-state index is 10.8. The number of thioether (sulfide) groups is 1. The summed E-state index contributed by atoms with van der Waals surface area (Å²) < 4.78 is 0. The van der Waals surface area contributed by atoms with Gasteiger partial charge in [-0.1, -0.05) is 13.0 Å². The lowest BCUT2D eigenvalue weighted by Gasteiger charge is -2.08. The Labute approximate surface area is 98.0 Å². The summed E-state index contributed by atoms with van der Waals surface area (Å²) in [6.45, 7) is 3.86. The molecule has 0 amide bonds. The molecule has 0 saturated carbocycles. The number of nitro benzene ring substituents is 1. The Morgan fingerprint density at radius 3 is 2.80 bits per heavy atom. The third-order valence-corrected chi connectivity index (χ3v) is 3.65. The molecule has 0 aliphatic rings. The molecule has 1 aromatic carbocycles. The minimum Gasteiger partial charge on any atom is -0.258 e. The summed E-state index contributed by atoms with van der Waals surface area (Å²) in [5, 5.41) is 10.9. The fourth-order valence-electron chi connectivity index (χ4n) is 1.11. The smallest absolute Gasteiger partial charge is 0.258 e. The number of halogens is 1. The lowest BCUT2D eigenvalue weighted by atomic mass is 10.2. The standard InChI is InChI=1S/C10H12ClNO2S/c1-7-3-4-9(12(13)14)10(5-7)15-8(2)6-11/h3-5,8H,6H2,1-2H3. The van der Waals surface area contributed by atoms with E-state index in [0.717, 1.165) is 5.56 Å². The van der Waals surface area contributed by atoms with E-state index in [2.05, 4.69) is 0 Å². The molecular formula is C10H12ClNO2S. The van der Waals surface area contributed by atoms with Crippen LogP contribution in [-0.2, 0) is 0 Å². The Kier molecular flexibility index (Phi) is 4.42. The Morgan fingerprint density at radius 1 is 1.60 bits per heavy atom. The van der Waals surface area contributed by atoms with Crippen molar-refractivity contribution in [3.8, 4) is 0 Å². The summed E-state index contributed by atoms with van der Waals surface area (Å²) in [7, 11) is 0. The van der Waals surface area contributed by atoms with Crippen LogP contribution in [0.5, 0.6) is 0 Å². The molecule has 15 heavy (non-hydrogen) atoms. The predicted molar refractivity (Wildman–Crippen MR) is 63.9 cm³/mol. The van der Waals surface area contributed by atoms with E-state index < -0.39 is 0 Å². The molecule has 0 aliphatic heterocycles. The Bertz CT molecular complexity index is 370. The summed E-state index contributed by atoms with van der Waals surface area (Å²) >= 11 is 7.12. The minimum absolute atomic E-state index is 0.155. The molecule has 1 atom stereocenters. The van der Waals surface area contributed by atoms with Crippen molar-refractivity contribution in [3.63, 3.8) is 0 Å². The molecule has 0 radical (unpaired) electrons. The summed E-state index contributed by atoms with van der Waals surface area (Å²) in [4.78, 5) is 11.1. The number of rotatable bonds is 4. The largest absolute Gasteiger partial charge is 0.282 e. The second-order valence-electron chi connectivity index (χ2n) is 3.31. The summed E-state index contributed by atoms with van der Waals surface area (Å²) in [5.41, 5.74) is 1.17. The maximum atomic E-state index is 10.8. The van der Waals surface area contributed by atoms with E-state index in [-0.39, 0.29) is 15.9 Å². The zero-order valence-corrected chi connectivity index (χ0v) is 10.1. The number of alkyl halides is 1. The van der Waals surface area contributed by atoms with Crippen LogP contribution in [0.1, 0.15) is 12.5 Å². The minimum atomic E-state index is -0.358. The lowest BCUT2D eigenvalue weighted by molar-refractivity contribution is -0.387. The van der Waals surface area contributed by atoms with Crippen molar-refractivity contribution < 1.29 is 4.92 Å². The van der Waals surface area contributed by atoms with Gasteiger partial charge in [0.1, 0.15) is 0 Å². The monoisotopic (exact) mass is 245 g/mol. The Balaban J connectivity index is 3.02. The van der Waals surface area contributed by atoms with Crippen molar-refractivity contribution in [2.75, 3.05) is 5.88 Å². The second kappa shape index (κ2) is 5.37. The highest BCUT2D eigenvalue weighted by Crippen LogP contribution is 2.33. The van der Waals surface area contributed by atoms with Crippen LogP contribution in [-0.4, -0.2) is 16.1 Å². The second-order valence-corrected chi connectivity index (χ2v) is 5.10. The van der Waals surface area contributed by atoms with Gasteiger partial charge in [0, 0.05) is 17.2 Å². The fraction of sp³-hybridized carbons (Fsp3) is 0.400. The molecule has 5 heteroatoms. The molecular weight excluding hydrogens is 234 g/mol. The first-order valence-electron chi connectivity index (χ1n) is 4.52. The first-order valence-corrected chi connectivity index (χ1v) is 5.93. The van der Waals surface area contributed by atoms with E-state index >= 15 is 0 Å². The third kappa shape index (κ3) is 3.39. The van der Waals surface area contributed by atoms with E-state index in [1.807, 2.05) is 19.9 Å². The molecule has 0 aliphatic carbocycles. The van der Waals surface area contributed by atoms with Gasteiger partial charge >= 0.3 is 0 Å². The van der Waals surface area contributed by atoms with Gasteiger partial charge < -0.3 is 0 Å². The number of benzene rings is 1. The van der Waals surface area contributed by atoms with Gasteiger partial charge in [-0.05, 0) is 18.6 Å². The topological polar surface area (TPSA) is 43.1 Å². The van der Waals surface area contributed by atoms with Gasteiger partial charge in [-0.2, -0.15) is 0 Å². The third-order valence-electron chi connectivity index (χ3n) is 1.86. The van der Waals surface area contributed by atoms with Crippen molar-refractivity contribution in [1.82, 2.24) is 0 Å². The van der Waals surface area contributed by atoms with Gasteiger partial charge in [0.05, 0.1) is 9.82 Å². The molecule has 0 bridgehead atoms. The van der Waals surface area contributed by atoms with E-state index in [9.17, 15) is 10.1 Å². The van der Waals surface area contributed by atoms with Gasteiger partial charge in [0.25, 0.3) is 5.69 Å². The van der Waals surface area contributed by atoms with E-state index in [0.29, 0.717) is 10.8 Å². The molecule has 3 nitrogen and oxygen atoms in total. The van der Waals surface area contributed by atoms with Gasteiger partial charge in [0.2, 0.25) is 0 Å². The van der Waals surface area contributed by atoms with Crippen LogP contribution in [0.3, 0.4) is 0 Å². The van der Waals surface area contributed by atoms with Crippen molar-refractivity contribution in [2.24, 2.45) is 0 Å². The van der Waals surface area contributed by atoms with E-state index in [1.165, 1.54) is 11.8 Å². The molecule has 0 spiro atoms. The van der Waals surface area contributed by atoms with Crippen LogP contribution in [0.15, 0.2) is 23.1 Å². The van der Waals surface area contributed by atoms with Gasteiger partial charge in [-0.3, -0.25) is 10.1 Å². The SMILES string of the molecule is Cc1ccc([N+](=O)[O-])c(SC(C)CCl)c1. The highest BCUT2D eigenvalue weighted by Gasteiger charge is 2.15. The zero-order valence-electron chi connectivity index (χ0n) is 8.57. The van der Waals surface area contributed by atoms with E-state index in [1.54, 1.807) is 12.1 Å². The number of aryl methyl sites for hydroxylation is 1. The molecule has 1 aromatic rings. The molecule has 0 heterocycles. The Hall–Kier alpha value is -0.740. The molecule has 1 unspecified atom stereocenters. The summed E-state index contributed by atoms with van der Waals surface area (Å²) in [6, 6.07) is 5.11. The average molecular weight is 246 g/mol. The predicted octanol–water partition coefficient (Wildman–Crippen LogP) is 3.62. The van der Waals surface area contributed by atoms with Crippen LogP contribution >= 0.6 is 23.4 Å². The molecule has 0 saturated heterocycles. The first-order chi connectivity index (χ1) is 7.04. The quantitative estimate of drug-likeness (QED) is 0.352. The average Bonchev–Trinajstić information content (AvgIpc) is 2.17. The molecule has 0 aromatic heterocycles. The highest BCUT2D eigenvalue weighted by molar-refractivity contribution is 8.00. The molecule has 0 fully saturated rings. The highest BCUT2D eigenvalue weighted by atomic mass is 35.5. The number of nitro groups is 1. The summed E-state index contributed by atoms with van der Waals surface area (Å²) in [5.74, 6) is 0.482. The summed E-state index contributed by atoms with van der Waals surface area (Å²) in [6.07, 6.45) is 0. The van der Waals surface area contributed by atoms with E-state index in [4.69, 9.17) is 11.6 Å². The normalized spacial score (nSPS) is 12.5. The van der Waals surface area contributed by atoms with Crippen LogP contribution in [0, 0.1) is 17.0 Å². The van der Waals surface area contributed by atoms with Crippen LogP contribution < -0.4 is 0 Å². The number of hydrogen-bond acceptors (Lipinski definition) is 3. The zero-order chi connectivity index (χ0) is 11.4. The van der Waals surface area contributed by atoms with Gasteiger partial charge in [-0.15, -0.1) is 23.4 Å². The van der Waals surface area contributed by atoms with Gasteiger partial charge in [0.15, 0.2) is 0 Å². The van der Waals surface area contributed by atoms with Crippen molar-refractivity contribution >= 4 is 29.1 Å². The van der Waals surface area contributed by atoms with Crippen LogP contribution in [0.25, 0.3) is 0 Å². The maximum Gasteiger partial charge on any atom is 0.282 e. The number of hydrogen-bond donors (Lipinski definition) is 0. The fourth-order valence-corrected chi connectivity index (χ4v) is 2.32. The Morgan fingerprint density at radius 2 is 2.27 bits per heavy atom. The van der Waals surface area contributed by atoms with Crippen molar-refractivity contribution in [3.05, 3.63) is 33.9 Å². The van der Waals surface area contributed by atoms with Crippen molar-refractivity contribution in [1.29, 1.82) is 0 Å². The van der Waals surface area contributed by atoms with Crippen LogP contribution in [0.2, 0.25) is 0 Å². The van der Waals surface area contributed by atoms with Crippen molar-refractivity contribution in [2.45, 2.75) is 24.0 Å². The first kappa shape index (κ1) is 12.3. The molecule has 82 valence electrons. The number of nitrogens with zero attached hydrogens (tertiary/aromatic N) is 1. The van der Waals surface area contributed by atoms with Crippen LogP contribution in [0.4, 0.5) is 5.69 Å². The lowest BCUT2D eigenvalue weighted by Crippen LogP contribution is -1.99. The molecule has 1 rings (SSSR count). The van der Waals surface area contributed by atoms with Gasteiger partial charge in [-0.25, -0.2) is 0 Å².